The van der Waals surface area contributed by atoms with Crippen LogP contribution in [0.5, 0.6) is 0 Å². The Morgan fingerprint density at radius 1 is 1.53 bits per heavy atom. The predicted octanol–water partition coefficient (Wildman–Crippen LogP) is 0.738. The van der Waals surface area contributed by atoms with Crippen molar-refractivity contribution in [3.05, 3.63) is 17.5 Å². The highest BCUT2D eigenvalue weighted by molar-refractivity contribution is 5.80. The molecule has 1 aromatic heterocycles. The Balaban J connectivity index is 2.41. The number of carbonyl (C=O) groups excluding carboxylic acids is 1. The molecule has 94 valence electrons. The fraction of sp³-hybridized carbons (Fsp3) is 0.667. The van der Waals surface area contributed by atoms with Gasteiger partial charge in [0, 0.05) is 25.6 Å². The normalized spacial score (nSPS) is 25.1. The molecule has 0 bridgehead atoms. The van der Waals surface area contributed by atoms with Gasteiger partial charge in [-0.05, 0) is 26.8 Å². The third-order valence-corrected chi connectivity index (χ3v) is 3.30. The van der Waals surface area contributed by atoms with E-state index in [1.165, 1.54) is 0 Å². The molecule has 2 unspecified atom stereocenters. The maximum atomic E-state index is 11.9. The second kappa shape index (κ2) is 4.14. The summed E-state index contributed by atoms with van der Waals surface area (Å²) in [6.45, 7) is 5.99. The molecule has 0 spiro atoms. The van der Waals surface area contributed by atoms with Crippen LogP contribution in [-0.2, 0) is 11.8 Å². The van der Waals surface area contributed by atoms with Crippen LogP contribution in [0.3, 0.4) is 0 Å². The van der Waals surface area contributed by atoms with E-state index in [1.54, 1.807) is 0 Å². The van der Waals surface area contributed by atoms with Gasteiger partial charge >= 0.3 is 0 Å². The zero-order valence-electron chi connectivity index (χ0n) is 10.8. The van der Waals surface area contributed by atoms with Crippen molar-refractivity contribution in [1.82, 2.24) is 14.7 Å². The first kappa shape index (κ1) is 12.1. The van der Waals surface area contributed by atoms with E-state index in [0.717, 1.165) is 11.4 Å². The van der Waals surface area contributed by atoms with E-state index in [2.05, 4.69) is 5.10 Å². The molecule has 0 saturated carbocycles. The Morgan fingerprint density at radius 3 is 2.65 bits per heavy atom. The number of nitrogens with zero attached hydrogens (tertiary/aromatic N) is 3. The Kier molecular flexibility index (Phi) is 2.95. The van der Waals surface area contributed by atoms with Crippen LogP contribution >= 0.6 is 0 Å². The van der Waals surface area contributed by atoms with Crippen molar-refractivity contribution in [2.24, 2.45) is 12.8 Å². The summed E-state index contributed by atoms with van der Waals surface area (Å²) in [5.41, 5.74) is 8.08. The van der Waals surface area contributed by atoms with E-state index in [4.69, 9.17) is 5.73 Å². The van der Waals surface area contributed by atoms with E-state index in [0.29, 0.717) is 6.42 Å². The maximum Gasteiger partial charge on any atom is 0.225 e. The molecule has 2 rings (SSSR count). The Morgan fingerprint density at radius 2 is 2.18 bits per heavy atom. The van der Waals surface area contributed by atoms with Gasteiger partial charge in [-0.2, -0.15) is 5.10 Å². The van der Waals surface area contributed by atoms with E-state index in [9.17, 15) is 4.79 Å². The summed E-state index contributed by atoms with van der Waals surface area (Å²) in [5.74, 6) is 0.136. The standard InChI is InChI=1S/C12H20N4O/c1-7(2)16-11(17)6-9(13)12(16)10-5-8(3)14-15(10)4/h5,7,9,12H,6,13H2,1-4H3. The molecule has 2 N–H and O–H groups in total. The van der Waals surface area contributed by atoms with Crippen LogP contribution in [0.2, 0.25) is 0 Å². The van der Waals surface area contributed by atoms with Crippen molar-refractivity contribution in [2.45, 2.75) is 45.3 Å². The van der Waals surface area contributed by atoms with Crippen molar-refractivity contribution in [1.29, 1.82) is 0 Å². The second-order valence-corrected chi connectivity index (χ2v) is 5.04. The fourth-order valence-electron chi connectivity index (χ4n) is 2.66. The monoisotopic (exact) mass is 236 g/mol. The maximum absolute atomic E-state index is 11.9. The van der Waals surface area contributed by atoms with Gasteiger partial charge in [0.1, 0.15) is 0 Å². The first-order valence-electron chi connectivity index (χ1n) is 5.99. The van der Waals surface area contributed by atoms with Crippen LogP contribution in [0.4, 0.5) is 0 Å². The van der Waals surface area contributed by atoms with Gasteiger partial charge in [0.25, 0.3) is 0 Å². The molecule has 1 aliphatic rings. The second-order valence-electron chi connectivity index (χ2n) is 5.04. The van der Waals surface area contributed by atoms with Crippen LogP contribution in [0.25, 0.3) is 0 Å². The van der Waals surface area contributed by atoms with Crippen molar-refractivity contribution in [3.8, 4) is 0 Å². The minimum Gasteiger partial charge on any atom is -0.330 e. The fourth-order valence-corrected chi connectivity index (χ4v) is 2.66. The molecule has 1 fully saturated rings. The summed E-state index contributed by atoms with van der Waals surface area (Å²) in [4.78, 5) is 13.8. The number of hydrogen-bond acceptors (Lipinski definition) is 3. The van der Waals surface area contributed by atoms with Gasteiger partial charge in [0.2, 0.25) is 5.91 Å². The first-order chi connectivity index (χ1) is 7.91. The van der Waals surface area contributed by atoms with Gasteiger partial charge in [-0.1, -0.05) is 0 Å². The number of likely N-dealkylation sites (tertiary alicyclic amines) is 1. The molecule has 1 saturated heterocycles. The van der Waals surface area contributed by atoms with Gasteiger partial charge in [-0.15, -0.1) is 0 Å². The molecule has 5 heteroatoms. The Labute approximate surface area is 102 Å². The van der Waals surface area contributed by atoms with Gasteiger partial charge in [0.05, 0.1) is 17.4 Å². The highest BCUT2D eigenvalue weighted by Gasteiger charge is 2.41. The molecule has 1 aromatic rings. The molecule has 0 radical (unpaired) electrons. The lowest BCUT2D eigenvalue weighted by molar-refractivity contribution is -0.130. The molecule has 1 aliphatic heterocycles. The average Bonchev–Trinajstić information content (AvgIpc) is 2.66. The van der Waals surface area contributed by atoms with E-state index in [-0.39, 0.29) is 24.0 Å². The van der Waals surface area contributed by atoms with Gasteiger partial charge in [-0.3, -0.25) is 9.48 Å². The van der Waals surface area contributed by atoms with Crippen molar-refractivity contribution < 1.29 is 4.79 Å². The number of nitrogens with two attached hydrogens (primary N) is 1. The summed E-state index contributed by atoms with van der Waals surface area (Å²) in [6, 6.07) is 1.99. The SMILES string of the molecule is Cc1cc(C2C(N)CC(=O)N2C(C)C)n(C)n1. The summed E-state index contributed by atoms with van der Waals surface area (Å²) in [5, 5.41) is 4.33. The molecule has 17 heavy (non-hydrogen) atoms. The van der Waals surface area contributed by atoms with Gasteiger partial charge < -0.3 is 10.6 Å². The number of hydrogen-bond donors (Lipinski definition) is 1. The lowest BCUT2D eigenvalue weighted by atomic mass is 10.1. The summed E-state index contributed by atoms with van der Waals surface area (Å²) in [6.07, 6.45) is 0.424. The predicted molar refractivity (Wildman–Crippen MR) is 65.3 cm³/mol. The minimum absolute atomic E-state index is 0.0475. The average molecular weight is 236 g/mol. The number of amides is 1. The largest absolute Gasteiger partial charge is 0.330 e. The first-order valence-corrected chi connectivity index (χ1v) is 5.99. The lowest BCUT2D eigenvalue weighted by Crippen LogP contribution is -2.38. The highest BCUT2D eigenvalue weighted by Crippen LogP contribution is 2.33. The zero-order chi connectivity index (χ0) is 12.7. The molecule has 1 amide bonds. The molecular formula is C12H20N4O. The highest BCUT2D eigenvalue weighted by atomic mass is 16.2. The summed E-state index contributed by atoms with van der Waals surface area (Å²) < 4.78 is 1.83. The number of aromatic nitrogens is 2. The molecule has 0 aromatic carbocycles. The summed E-state index contributed by atoms with van der Waals surface area (Å²) >= 11 is 0. The van der Waals surface area contributed by atoms with E-state index < -0.39 is 0 Å². The Hall–Kier alpha value is -1.36. The molecule has 2 heterocycles. The van der Waals surface area contributed by atoms with Crippen LogP contribution in [0, 0.1) is 6.92 Å². The van der Waals surface area contributed by atoms with E-state index >= 15 is 0 Å². The smallest absolute Gasteiger partial charge is 0.225 e. The number of rotatable bonds is 2. The van der Waals surface area contributed by atoms with Crippen molar-refractivity contribution >= 4 is 5.91 Å². The van der Waals surface area contributed by atoms with Crippen molar-refractivity contribution in [3.63, 3.8) is 0 Å². The van der Waals surface area contributed by atoms with Gasteiger partial charge in [-0.25, -0.2) is 0 Å². The topological polar surface area (TPSA) is 64.2 Å². The molecular weight excluding hydrogens is 216 g/mol. The van der Waals surface area contributed by atoms with Crippen molar-refractivity contribution in [2.75, 3.05) is 0 Å². The number of aryl methyl sites for hydroxylation is 2. The van der Waals surface area contributed by atoms with Crippen LogP contribution in [0.1, 0.15) is 37.7 Å². The zero-order valence-corrected chi connectivity index (χ0v) is 10.8. The number of carbonyl (C=O) groups is 1. The lowest BCUT2D eigenvalue weighted by Gasteiger charge is -2.30. The third kappa shape index (κ3) is 1.95. The minimum atomic E-state index is -0.139. The van der Waals surface area contributed by atoms with Crippen LogP contribution in [-0.4, -0.2) is 32.7 Å². The molecule has 0 aliphatic carbocycles. The van der Waals surface area contributed by atoms with Gasteiger partial charge in [0.15, 0.2) is 0 Å². The summed E-state index contributed by atoms with van der Waals surface area (Å²) in [7, 11) is 1.90. The van der Waals surface area contributed by atoms with E-state index in [1.807, 2.05) is 43.5 Å². The third-order valence-electron chi connectivity index (χ3n) is 3.30. The van der Waals surface area contributed by atoms with Crippen LogP contribution < -0.4 is 5.73 Å². The quantitative estimate of drug-likeness (QED) is 0.823. The molecule has 2 atom stereocenters. The Bertz CT molecular complexity index is 438. The van der Waals surface area contributed by atoms with Crippen LogP contribution in [0.15, 0.2) is 6.07 Å². The molecule has 5 nitrogen and oxygen atoms in total.